The van der Waals surface area contributed by atoms with E-state index in [1.54, 1.807) is 12.1 Å². The lowest BCUT2D eigenvalue weighted by atomic mass is 10.1. The first-order valence-electron chi connectivity index (χ1n) is 6.67. The molecule has 2 rings (SSSR count). The summed E-state index contributed by atoms with van der Waals surface area (Å²) in [6, 6.07) is 5.04. The number of rotatable bonds is 4. The van der Waals surface area contributed by atoms with Gasteiger partial charge in [-0.3, -0.25) is 0 Å². The Bertz CT molecular complexity index is 527. The highest BCUT2D eigenvalue weighted by atomic mass is 32.2. The zero-order valence-electron chi connectivity index (χ0n) is 11.4. The summed E-state index contributed by atoms with van der Waals surface area (Å²) in [4.78, 5) is 24.5. The second-order valence-corrected chi connectivity index (χ2v) is 5.88. The van der Waals surface area contributed by atoms with Crippen LogP contribution in [0, 0.1) is 5.82 Å². The molecule has 7 heteroatoms. The maximum absolute atomic E-state index is 13.0. The number of carbonyl (C=O) groups excluding carboxylic acids is 1. The summed E-state index contributed by atoms with van der Waals surface area (Å²) in [6.07, 6.45) is 0.504. The van der Waals surface area contributed by atoms with Gasteiger partial charge >= 0.3 is 12.0 Å². The molecule has 1 aromatic rings. The molecule has 0 saturated carbocycles. The van der Waals surface area contributed by atoms with Crippen LogP contribution in [0.1, 0.15) is 5.56 Å². The van der Waals surface area contributed by atoms with E-state index in [1.807, 2.05) is 0 Å². The van der Waals surface area contributed by atoms with E-state index in [0.29, 0.717) is 25.3 Å². The summed E-state index contributed by atoms with van der Waals surface area (Å²) in [6.45, 7) is 0.770. The second kappa shape index (κ2) is 7.31. The van der Waals surface area contributed by atoms with E-state index in [-0.39, 0.29) is 11.8 Å². The van der Waals surface area contributed by atoms with E-state index in [9.17, 15) is 14.0 Å². The standard InChI is InChI=1S/C14H17FN2O3S/c15-11-3-1-2-10(8-11)4-5-16-14(20)17-6-7-21-9-12(17)13(18)19/h1-3,8,12H,4-7,9H2,(H,16,20)(H,18,19). The molecule has 0 spiro atoms. The van der Waals surface area contributed by atoms with Crippen LogP contribution in [-0.4, -0.2) is 52.6 Å². The first-order chi connectivity index (χ1) is 10.1. The molecule has 0 bridgehead atoms. The molecule has 1 saturated heterocycles. The molecule has 21 heavy (non-hydrogen) atoms. The number of hydrogen-bond donors (Lipinski definition) is 2. The van der Waals surface area contributed by atoms with Gasteiger partial charge in [0.2, 0.25) is 0 Å². The maximum atomic E-state index is 13.0. The van der Waals surface area contributed by atoms with Crippen LogP contribution in [0.15, 0.2) is 24.3 Å². The molecule has 1 aromatic carbocycles. The Hall–Kier alpha value is -1.76. The van der Waals surface area contributed by atoms with Crippen molar-refractivity contribution in [1.29, 1.82) is 0 Å². The highest BCUT2D eigenvalue weighted by molar-refractivity contribution is 7.99. The van der Waals surface area contributed by atoms with Crippen LogP contribution in [0.3, 0.4) is 0 Å². The molecule has 0 aliphatic carbocycles. The molecule has 1 heterocycles. The number of benzene rings is 1. The van der Waals surface area contributed by atoms with Crippen LogP contribution in [-0.2, 0) is 11.2 Å². The van der Waals surface area contributed by atoms with Crippen molar-refractivity contribution in [3.05, 3.63) is 35.6 Å². The van der Waals surface area contributed by atoms with Gasteiger partial charge in [0.15, 0.2) is 0 Å². The fourth-order valence-corrected chi connectivity index (χ4v) is 3.20. The van der Waals surface area contributed by atoms with Crippen molar-refractivity contribution in [3.63, 3.8) is 0 Å². The fourth-order valence-electron chi connectivity index (χ4n) is 2.16. The summed E-state index contributed by atoms with van der Waals surface area (Å²) in [5.41, 5.74) is 0.791. The molecular formula is C14H17FN2O3S. The van der Waals surface area contributed by atoms with Crippen molar-refractivity contribution in [2.75, 3.05) is 24.6 Å². The largest absolute Gasteiger partial charge is 0.480 e. The number of amides is 2. The molecule has 5 nitrogen and oxygen atoms in total. The Balaban J connectivity index is 1.84. The van der Waals surface area contributed by atoms with Gasteiger partial charge in [0.25, 0.3) is 0 Å². The van der Waals surface area contributed by atoms with Crippen LogP contribution in [0.5, 0.6) is 0 Å². The third-order valence-electron chi connectivity index (χ3n) is 3.25. The van der Waals surface area contributed by atoms with E-state index >= 15 is 0 Å². The molecule has 2 N–H and O–H groups in total. The van der Waals surface area contributed by atoms with Gasteiger partial charge < -0.3 is 15.3 Å². The first kappa shape index (κ1) is 15.6. The number of urea groups is 1. The number of carboxylic acid groups (broad SMARTS) is 1. The van der Waals surface area contributed by atoms with E-state index in [4.69, 9.17) is 5.11 Å². The van der Waals surface area contributed by atoms with E-state index in [0.717, 1.165) is 11.3 Å². The van der Waals surface area contributed by atoms with Gasteiger partial charge in [-0.25, -0.2) is 14.0 Å². The first-order valence-corrected chi connectivity index (χ1v) is 7.83. The maximum Gasteiger partial charge on any atom is 0.327 e. The zero-order valence-corrected chi connectivity index (χ0v) is 12.2. The van der Waals surface area contributed by atoms with Gasteiger partial charge in [0, 0.05) is 24.6 Å². The number of nitrogens with zero attached hydrogens (tertiary/aromatic N) is 1. The van der Waals surface area contributed by atoms with Gasteiger partial charge in [-0.15, -0.1) is 0 Å². The SMILES string of the molecule is O=C(O)C1CSCCN1C(=O)NCCc1cccc(F)c1. The van der Waals surface area contributed by atoms with Crippen LogP contribution in [0.25, 0.3) is 0 Å². The molecule has 1 unspecified atom stereocenters. The van der Waals surface area contributed by atoms with Gasteiger partial charge in [-0.1, -0.05) is 12.1 Å². The molecule has 1 aliphatic rings. The molecule has 114 valence electrons. The third kappa shape index (κ3) is 4.35. The Morgan fingerprint density at radius 3 is 3.00 bits per heavy atom. The molecular weight excluding hydrogens is 295 g/mol. The predicted octanol–water partition coefficient (Wildman–Crippen LogP) is 1.58. The smallest absolute Gasteiger partial charge is 0.327 e. The molecule has 1 atom stereocenters. The lowest BCUT2D eigenvalue weighted by Gasteiger charge is -2.32. The fraction of sp³-hybridized carbons (Fsp3) is 0.429. The Morgan fingerprint density at radius 1 is 1.48 bits per heavy atom. The minimum Gasteiger partial charge on any atom is -0.480 e. The van der Waals surface area contributed by atoms with Gasteiger partial charge in [0.1, 0.15) is 11.9 Å². The second-order valence-electron chi connectivity index (χ2n) is 4.73. The van der Waals surface area contributed by atoms with E-state index in [1.165, 1.54) is 28.8 Å². The van der Waals surface area contributed by atoms with Crippen molar-refractivity contribution in [2.45, 2.75) is 12.5 Å². The number of hydrogen-bond acceptors (Lipinski definition) is 3. The monoisotopic (exact) mass is 312 g/mol. The highest BCUT2D eigenvalue weighted by Gasteiger charge is 2.32. The predicted molar refractivity (Wildman–Crippen MR) is 79.0 cm³/mol. The molecule has 2 amide bonds. The Kier molecular flexibility index (Phi) is 5.44. The number of nitrogens with one attached hydrogen (secondary N) is 1. The number of aliphatic carboxylic acids is 1. The average molecular weight is 312 g/mol. The summed E-state index contributed by atoms with van der Waals surface area (Å²) in [7, 11) is 0. The molecule has 0 radical (unpaired) electrons. The molecule has 0 aromatic heterocycles. The highest BCUT2D eigenvalue weighted by Crippen LogP contribution is 2.16. The Morgan fingerprint density at radius 2 is 2.29 bits per heavy atom. The normalized spacial score (nSPS) is 18.3. The summed E-state index contributed by atoms with van der Waals surface area (Å²) < 4.78 is 13.0. The van der Waals surface area contributed by atoms with E-state index in [2.05, 4.69) is 5.32 Å². The summed E-state index contributed by atoms with van der Waals surface area (Å²) >= 11 is 1.53. The summed E-state index contributed by atoms with van der Waals surface area (Å²) in [5.74, 6) is -0.145. The van der Waals surface area contributed by atoms with Crippen molar-refractivity contribution in [3.8, 4) is 0 Å². The molecule has 1 fully saturated rings. The minimum absolute atomic E-state index is 0.308. The lowest BCUT2D eigenvalue weighted by Crippen LogP contribution is -2.54. The zero-order chi connectivity index (χ0) is 15.2. The molecule has 1 aliphatic heterocycles. The lowest BCUT2D eigenvalue weighted by molar-refractivity contribution is -0.141. The Labute approximate surface area is 126 Å². The van der Waals surface area contributed by atoms with Crippen molar-refractivity contribution in [1.82, 2.24) is 10.2 Å². The number of thioether (sulfide) groups is 1. The van der Waals surface area contributed by atoms with Gasteiger partial charge in [-0.05, 0) is 24.1 Å². The third-order valence-corrected chi connectivity index (χ3v) is 4.28. The summed E-state index contributed by atoms with van der Waals surface area (Å²) in [5, 5.41) is 11.8. The van der Waals surface area contributed by atoms with Crippen molar-refractivity contribution >= 4 is 23.8 Å². The average Bonchev–Trinajstić information content (AvgIpc) is 2.47. The van der Waals surface area contributed by atoms with Crippen LogP contribution >= 0.6 is 11.8 Å². The van der Waals surface area contributed by atoms with Crippen molar-refractivity contribution in [2.24, 2.45) is 0 Å². The number of carboxylic acids is 1. The topological polar surface area (TPSA) is 69.6 Å². The minimum atomic E-state index is -0.984. The van der Waals surface area contributed by atoms with Crippen LogP contribution in [0.4, 0.5) is 9.18 Å². The quantitative estimate of drug-likeness (QED) is 0.885. The van der Waals surface area contributed by atoms with Crippen LogP contribution in [0.2, 0.25) is 0 Å². The van der Waals surface area contributed by atoms with Crippen LogP contribution < -0.4 is 5.32 Å². The van der Waals surface area contributed by atoms with Crippen molar-refractivity contribution < 1.29 is 19.1 Å². The number of carbonyl (C=O) groups is 2. The van der Waals surface area contributed by atoms with Gasteiger partial charge in [-0.2, -0.15) is 11.8 Å². The van der Waals surface area contributed by atoms with E-state index < -0.39 is 12.0 Å². The van der Waals surface area contributed by atoms with Gasteiger partial charge in [0.05, 0.1) is 0 Å². The number of halogens is 1.